The van der Waals surface area contributed by atoms with Crippen LogP contribution >= 0.6 is 0 Å². The van der Waals surface area contributed by atoms with Crippen molar-refractivity contribution in [3.8, 4) is 11.3 Å². The Hall–Kier alpha value is -4.42. The lowest BCUT2D eigenvalue weighted by Gasteiger charge is -2.35. The molecular formula is C32H37N7O4S. The molecule has 0 spiro atoms. The number of ether oxygens (including phenoxy) is 1. The largest absolute Gasteiger partial charge is 0.378 e. The number of nitrogens with zero attached hydrogens (tertiary/aromatic N) is 4. The zero-order chi connectivity index (χ0) is 30.7. The van der Waals surface area contributed by atoms with Crippen molar-refractivity contribution in [1.29, 1.82) is 0 Å². The SMILES string of the molecule is C=CC(=O)N[C@@H]1CCCN(c2cccc([C@@H](C)S(=O)(=O)Nc3ccc(-c4cc5c(N6CCOCC6)ncnc5[nH]4)cc3)c2)C1. The standard InChI is InChI=1S/C32H37N7O4S/c1-3-30(40)35-26-7-5-13-39(20-26)27-8-4-6-24(18-27)22(2)44(41,42)37-25-11-9-23(10-12-25)29-19-28-31(36-29)33-21-34-32(28)38-14-16-43-17-15-38/h3-4,6,8-12,18-19,21-22,26,37H,1,5,7,13-17,20H2,2H3,(H,35,40)(H,33,34,36)/t22-,26-/m1/s1. The highest BCUT2D eigenvalue weighted by Crippen LogP contribution is 2.32. The van der Waals surface area contributed by atoms with Crippen LogP contribution in [0.15, 0.2) is 73.6 Å². The summed E-state index contributed by atoms with van der Waals surface area (Å²) in [5, 5.41) is 3.13. The fraction of sp³-hybridized carbons (Fsp3) is 0.344. The fourth-order valence-electron chi connectivity index (χ4n) is 5.82. The van der Waals surface area contributed by atoms with E-state index in [1.165, 1.54) is 6.08 Å². The van der Waals surface area contributed by atoms with E-state index in [1.54, 1.807) is 25.4 Å². The predicted molar refractivity (Wildman–Crippen MR) is 173 cm³/mol. The van der Waals surface area contributed by atoms with Gasteiger partial charge >= 0.3 is 0 Å². The Kier molecular flexibility index (Phi) is 8.53. The second-order valence-electron chi connectivity index (χ2n) is 11.2. The number of aromatic amines is 1. The number of anilines is 3. The minimum atomic E-state index is -3.74. The van der Waals surface area contributed by atoms with Gasteiger partial charge in [-0.15, -0.1) is 0 Å². The highest BCUT2D eigenvalue weighted by atomic mass is 32.2. The number of hydrogen-bond acceptors (Lipinski definition) is 8. The maximum Gasteiger partial charge on any atom is 0.243 e. The summed E-state index contributed by atoms with van der Waals surface area (Å²) >= 11 is 0. The molecule has 3 N–H and O–H groups in total. The van der Waals surface area contributed by atoms with Crippen LogP contribution in [0.2, 0.25) is 0 Å². The molecule has 2 fully saturated rings. The van der Waals surface area contributed by atoms with Crippen LogP contribution in [0.3, 0.4) is 0 Å². The molecule has 1 amide bonds. The lowest BCUT2D eigenvalue weighted by atomic mass is 10.0. The van der Waals surface area contributed by atoms with Crippen LogP contribution in [0.25, 0.3) is 22.3 Å². The number of rotatable bonds is 9. The van der Waals surface area contributed by atoms with E-state index in [4.69, 9.17) is 4.74 Å². The first-order valence-corrected chi connectivity index (χ1v) is 16.4. The van der Waals surface area contributed by atoms with Crippen LogP contribution in [0, 0.1) is 0 Å². The molecular weight excluding hydrogens is 578 g/mol. The van der Waals surface area contributed by atoms with E-state index < -0.39 is 15.3 Å². The first-order valence-electron chi connectivity index (χ1n) is 14.9. The van der Waals surface area contributed by atoms with E-state index in [9.17, 15) is 13.2 Å². The van der Waals surface area contributed by atoms with E-state index in [0.29, 0.717) is 31.0 Å². The van der Waals surface area contributed by atoms with Gasteiger partial charge in [0, 0.05) is 49.3 Å². The Morgan fingerprint density at radius 2 is 1.89 bits per heavy atom. The minimum Gasteiger partial charge on any atom is -0.378 e. The van der Waals surface area contributed by atoms with Crippen molar-refractivity contribution < 1.29 is 17.9 Å². The normalized spacial score (nSPS) is 18.2. The highest BCUT2D eigenvalue weighted by Gasteiger charge is 2.26. The summed E-state index contributed by atoms with van der Waals surface area (Å²) in [7, 11) is -3.74. The number of piperidine rings is 1. The summed E-state index contributed by atoms with van der Waals surface area (Å²) < 4.78 is 35.1. The van der Waals surface area contributed by atoms with Crippen molar-refractivity contribution >= 4 is 44.2 Å². The van der Waals surface area contributed by atoms with E-state index >= 15 is 0 Å². The van der Waals surface area contributed by atoms with Crippen LogP contribution in [-0.2, 0) is 19.6 Å². The summed E-state index contributed by atoms with van der Waals surface area (Å²) in [6, 6.07) is 17.0. The van der Waals surface area contributed by atoms with Gasteiger partial charge in [0.2, 0.25) is 15.9 Å². The Morgan fingerprint density at radius 3 is 2.66 bits per heavy atom. The van der Waals surface area contributed by atoms with Gasteiger partial charge in [-0.25, -0.2) is 18.4 Å². The summed E-state index contributed by atoms with van der Waals surface area (Å²) in [5.74, 6) is 0.695. The molecule has 2 aliphatic rings. The second kappa shape index (κ2) is 12.7. The van der Waals surface area contributed by atoms with E-state index in [1.807, 2.05) is 42.5 Å². The third kappa shape index (κ3) is 6.41. The molecule has 2 atom stereocenters. The number of benzene rings is 2. The summed E-state index contributed by atoms with van der Waals surface area (Å²) in [6.45, 7) is 9.61. The van der Waals surface area contributed by atoms with Crippen molar-refractivity contribution in [3.63, 3.8) is 0 Å². The van der Waals surface area contributed by atoms with Crippen molar-refractivity contribution in [2.24, 2.45) is 0 Å². The van der Waals surface area contributed by atoms with Crippen LogP contribution in [-0.4, -0.2) is 74.7 Å². The zero-order valence-electron chi connectivity index (χ0n) is 24.7. The molecule has 0 aliphatic carbocycles. The number of aromatic nitrogens is 3. The molecule has 0 unspecified atom stereocenters. The van der Waals surface area contributed by atoms with Crippen molar-refractivity contribution in [2.45, 2.75) is 31.1 Å². The maximum absolute atomic E-state index is 13.4. The molecule has 2 aromatic heterocycles. The summed E-state index contributed by atoms with van der Waals surface area (Å²) in [4.78, 5) is 28.5. The molecule has 2 saturated heterocycles. The molecule has 0 bridgehead atoms. The molecule has 4 heterocycles. The number of carbonyl (C=O) groups excluding carboxylic acids is 1. The number of fused-ring (bicyclic) bond motifs is 1. The molecule has 4 aromatic rings. The van der Waals surface area contributed by atoms with Gasteiger partial charge in [-0.2, -0.15) is 0 Å². The number of nitrogens with one attached hydrogen (secondary N) is 3. The van der Waals surface area contributed by atoms with Crippen LogP contribution in [0.4, 0.5) is 17.2 Å². The van der Waals surface area contributed by atoms with E-state index in [2.05, 4.69) is 41.4 Å². The number of sulfonamides is 1. The Morgan fingerprint density at radius 1 is 1.09 bits per heavy atom. The Balaban J connectivity index is 1.14. The Bertz CT molecular complexity index is 1750. The number of hydrogen-bond donors (Lipinski definition) is 3. The molecule has 11 nitrogen and oxygen atoms in total. The van der Waals surface area contributed by atoms with Crippen molar-refractivity contribution in [3.05, 3.63) is 79.1 Å². The van der Waals surface area contributed by atoms with Gasteiger partial charge in [0.1, 0.15) is 23.0 Å². The van der Waals surface area contributed by atoms with Crippen LogP contribution in [0.5, 0.6) is 0 Å². The predicted octanol–water partition coefficient (Wildman–Crippen LogP) is 4.24. The number of morpholine rings is 1. The molecule has 2 aliphatic heterocycles. The molecule has 44 heavy (non-hydrogen) atoms. The molecule has 0 radical (unpaired) electrons. The topological polar surface area (TPSA) is 133 Å². The lowest BCUT2D eigenvalue weighted by Crippen LogP contribution is -2.47. The quantitative estimate of drug-likeness (QED) is 0.238. The molecule has 0 saturated carbocycles. The van der Waals surface area contributed by atoms with E-state index in [-0.39, 0.29) is 11.9 Å². The highest BCUT2D eigenvalue weighted by molar-refractivity contribution is 7.92. The zero-order valence-corrected chi connectivity index (χ0v) is 25.5. The van der Waals surface area contributed by atoms with Gasteiger partial charge in [0.15, 0.2) is 0 Å². The third-order valence-electron chi connectivity index (χ3n) is 8.29. The molecule has 230 valence electrons. The first-order chi connectivity index (χ1) is 21.3. The number of H-pyrrole nitrogens is 1. The van der Waals surface area contributed by atoms with Crippen LogP contribution in [0.1, 0.15) is 30.6 Å². The van der Waals surface area contributed by atoms with Gasteiger partial charge in [0.25, 0.3) is 0 Å². The van der Waals surface area contributed by atoms with Crippen LogP contribution < -0.4 is 19.8 Å². The first kappa shape index (κ1) is 29.6. The minimum absolute atomic E-state index is 0.0211. The Labute approximate surface area is 257 Å². The second-order valence-corrected chi connectivity index (χ2v) is 13.2. The maximum atomic E-state index is 13.4. The molecule has 12 heteroatoms. The van der Waals surface area contributed by atoms with Gasteiger partial charge in [-0.3, -0.25) is 9.52 Å². The lowest BCUT2D eigenvalue weighted by molar-refractivity contribution is -0.117. The smallest absolute Gasteiger partial charge is 0.243 e. The number of carbonyl (C=O) groups is 1. The average molecular weight is 616 g/mol. The average Bonchev–Trinajstić information content (AvgIpc) is 3.50. The summed E-state index contributed by atoms with van der Waals surface area (Å²) in [6.07, 6.45) is 4.67. The van der Waals surface area contributed by atoms with Gasteiger partial charge < -0.3 is 24.8 Å². The van der Waals surface area contributed by atoms with Crippen molar-refractivity contribution in [2.75, 3.05) is 53.9 Å². The molecule has 2 aromatic carbocycles. The van der Waals surface area contributed by atoms with Gasteiger partial charge in [-0.05, 0) is 67.3 Å². The number of amides is 1. The van der Waals surface area contributed by atoms with Gasteiger partial charge in [-0.1, -0.05) is 30.8 Å². The van der Waals surface area contributed by atoms with Crippen molar-refractivity contribution in [1.82, 2.24) is 20.3 Å². The molecule has 6 rings (SSSR count). The fourth-order valence-corrected chi connectivity index (χ4v) is 6.97. The van der Waals surface area contributed by atoms with E-state index in [0.717, 1.165) is 66.3 Å². The summed E-state index contributed by atoms with van der Waals surface area (Å²) in [5.41, 5.74) is 4.64. The van der Waals surface area contributed by atoms with Gasteiger partial charge in [0.05, 0.1) is 18.6 Å². The monoisotopic (exact) mass is 615 g/mol. The third-order valence-corrected chi connectivity index (χ3v) is 10.0.